The van der Waals surface area contributed by atoms with E-state index >= 15 is 0 Å². The zero-order valence-corrected chi connectivity index (χ0v) is 22.9. The molecule has 0 spiro atoms. The summed E-state index contributed by atoms with van der Waals surface area (Å²) in [6.07, 6.45) is 9.65. The minimum absolute atomic E-state index is 0.0518. The first-order chi connectivity index (χ1) is 18.5. The number of methoxy groups -OCH3 is 1. The van der Waals surface area contributed by atoms with Crippen molar-refractivity contribution in [2.45, 2.75) is 39.0 Å². The fourth-order valence-electron chi connectivity index (χ4n) is 5.29. The van der Waals surface area contributed by atoms with Crippen LogP contribution in [0.3, 0.4) is 0 Å². The molecule has 2 aromatic rings. The van der Waals surface area contributed by atoms with E-state index in [9.17, 15) is 9.59 Å². The molecule has 0 radical (unpaired) electrons. The van der Waals surface area contributed by atoms with Gasteiger partial charge in [0.2, 0.25) is 5.91 Å². The highest BCUT2D eigenvalue weighted by Gasteiger charge is 2.27. The molecular weight excluding hydrogens is 476 g/mol. The second kappa shape index (κ2) is 14.0. The molecule has 0 aromatic heterocycles. The molecule has 38 heavy (non-hydrogen) atoms. The molecule has 0 atom stereocenters. The van der Waals surface area contributed by atoms with Crippen molar-refractivity contribution in [2.24, 2.45) is 5.92 Å². The van der Waals surface area contributed by atoms with Crippen molar-refractivity contribution < 1.29 is 14.3 Å². The Kier molecular flexibility index (Phi) is 10.2. The number of urea groups is 1. The van der Waals surface area contributed by atoms with Crippen LogP contribution in [0.4, 0.5) is 10.5 Å². The van der Waals surface area contributed by atoms with Crippen molar-refractivity contribution in [3.8, 4) is 5.75 Å². The fourth-order valence-corrected chi connectivity index (χ4v) is 5.29. The lowest BCUT2D eigenvalue weighted by Crippen LogP contribution is -2.52. The van der Waals surface area contributed by atoms with Crippen molar-refractivity contribution in [1.29, 1.82) is 0 Å². The zero-order chi connectivity index (χ0) is 26.7. The van der Waals surface area contributed by atoms with Crippen LogP contribution in [-0.2, 0) is 4.79 Å². The van der Waals surface area contributed by atoms with E-state index in [0.717, 1.165) is 62.3 Å². The van der Waals surface area contributed by atoms with E-state index in [1.165, 1.54) is 12.0 Å². The molecular formula is C31H42N4O3. The number of rotatable bonds is 9. The summed E-state index contributed by atoms with van der Waals surface area (Å²) in [5.41, 5.74) is 3.00. The van der Waals surface area contributed by atoms with Gasteiger partial charge in [-0.1, -0.05) is 67.3 Å². The van der Waals surface area contributed by atoms with Crippen LogP contribution < -0.4 is 10.1 Å². The van der Waals surface area contributed by atoms with Gasteiger partial charge in [-0.25, -0.2) is 4.79 Å². The molecule has 7 heteroatoms. The van der Waals surface area contributed by atoms with Gasteiger partial charge in [0.1, 0.15) is 5.75 Å². The second-order valence-electron chi connectivity index (χ2n) is 10.4. The first-order valence-corrected chi connectivity index (χ1v) is 14.0. The highest BCUT2D eigenvalue weighted by atomic mass is 16.5. The number of piperazine rings is 1. The number of hydrogen-bond acceptors (Lipinski definition) is 4. The minimum Gasteiger partial charge on any atom is -0.496 e. The normalized spacial score (nSPS) is 16.9. The average Bonchev–Trinajstić information content (AvgIpc) is 2.96. The molecule has 204 valence electrons. The van der Waals surface area contributed by atoms with Gasteiger partial charge in [-0.15, -0.1) is 0 Å². The van der Waals surface area contributed by atoms with Crippen molar-refractivity contribution in [1.82, 2.24) is 14.7 Å². The Balaban J connectivity index is 1.30. The van der Waals surface area contributed by atoms with E-state index in [-0.39, 0.29) is 17.9 Å². The molecule has 2 aliphatic rings. The third-order valence-electron chi connectivity index (χ3n) is 7.68. The topological polar surface area (TPSA) is 65.1 Å². The van der Waals surface area contributed by atoms with Crippen LogP contribution in [-0.4, -0.2) is 79.6 Å². The third-order valence-corrected chi connectivity index (χ3v) is 7.68. The summed E-state index contributed by atoms with van der Waals surface area (Å²) in [5.74, 6) is 1.26. The minimum atomic E-state index is -0.0518. The van der Waals surface area contributed by atoms with Crippen LogP contribution in [0.25, 0.3) is 6.08 Å². The summed E-state index contributed by atoms with van der Waals surface area (Å²) in [5, 5.41) is 3.00. The number of ether oxygens (including phenoxy) is 1. The van der Waals surface area contributed by atoms with Gasteiger partial charge in [0.15, 0.2) is 0 Å². The molecule has 0 unspecified atom stereocenters. The van der Waals surface area contributed by atoms with Gasteiger partial charge in [-0.05, 0) is 38.0 Å². The number of amides is 3. The van der Waals surface area contributed by atoms with Crippen molar-refractivity contribution in [3.63, 3.8) is 0 Å². The van der Waals surface area contributed by atoms with Crippen LogP contribution in [0.15, 0.2) is 54.6 Å². The Labute approximate surface area is 227 Å². The fraction of sp³-hybridized carbons (Fsp3) is 0.484. The molecule has 1 aliphatic carbocycles. The highest BCUT2D eigenvalue weighted by molar-refractivity contribution is 5.89. The maximum atomic E-state index is 13.5. The van der Waals surface area contributed by atoms with E-state index in [2.05, 4.69) is 16.3 Å². The van der Waals surface area contributed by atoms with Crippen molar-refractivity contribution in [2.75, 3.05) is 58.2 Å². The molecule has 1 N–H and O–H groups in total. The molecule has 1 heterocycles. The second-order valence-corrected chi connectivity index (χ2v) is 10.4. The van der Waals surface area contributed by atoms with Gasteiger partial charge in [0, 0.05) is 63.0 Å². The molecule has 2 fully saturated rings. The van der Waals surface area contributed by atoms with Gasteiger partial charge in [0.05, 0.1) is 7.11 Å². The van der Waals surface area contributed by atoms with Gasteiger partial charge < -0.3 is 19.9 Å². The number of benzene rings is 2. The molecule has 1 aliphatic heterocycles. The zero-order valence-electron chi connectivity index (χ0n) is 22.9. The number of anilines is 1. The van der Waals surface area contributed by atoms with Gasteiger partial charge in [-0.2, -0.15) is 0 Å². The largest absolute Gasteiger partial charge is 0.496 e. The number of carbonyl (C=O) groups is 2. The van der Waals surface area contributed by atoms with Crippen LogP contribution in [0.1, 0.15) is 43.2 Å². The first-order valence-electron chi connectivity index (χ1n) is 14.0. The highest BCUT2D eigenvalue weighted by Crippen LogP contribution is 2.26. The van der Waals surface area contributed by atoms with E-state index < -0.39 is 0 Å². The lowest BCUT2D eigenvalue weighted by molar-refractivity contribution is -0.136. The molecule has 2 aromatic carbocycles. The summed E-state index contributed by atoms with van der Waals surface area (Å²) in [6, 6.07) is 15.7. The lowest BCUT2D eigenvalue weighted by Gasteiger charge is -2.36. The van der Waals surface area contributed by atoms with Gasteiger partial charge >= 0.3 is 6.03 Å². The van der Waals surface area contributed by atoms with E-state index in [4.69, 9.17) is 4.74 Å². The number of carbonyl (C=O) groups excluding carboxylic acids is 2. The Morgan fingerprint density at radius 1 is 1.00 bits per heavy atom. The standard InChI is InChI=1S/C31H42N4O3/c1-25-14-16-28(17-15-25)32-31(37)35-23-20-33(21-24-35)19-22-34(30(36)27-10-4-3-5-11-27)18-8-12-26-9-6-7-13-29(26)38-2/h6-9,12-17,27H,3-5,10-11,18-24H2,1-2H3,(H,32,37). The number of nitrogens with zero attached hydrogens (tertiary/aromatic N) is 3. The van der Waals surface area contributed by atoms with E-state index in [0.29, 0.717) is 26.2 Å². The van der Waals surface area contributed by atoms with E-state index in [1.54, 1.807) is 7.11 Å². The Bertz CT molecular complexity index is 1070. The SMILES string of the molecule is COc1ccccc1C=CCN(CCN1CCN(C(=O)Nc2ccc(C)cc2)CC1)C(=O)C1CCCCC1. The number of hydrogen-bond donors (Lipinski definition) is 1. The predicted octanol–water partition coefficient (Wildman–Crippen LogP) is 5.28. The van der Waals surface area contributed by atoms with Crippen LogP contribution in [0, 0.1) is 12.8 Å². The van der Waals surface area contributed by atoms with Crippen molar-refractivity contribution in [3.05, 3.63) is 65.7 Å². The average molecular weight is 519 g/mol. The molecule has 4 rings (SSSR count). The Morgan fingerprint density at radius 3 is 2.42 bits per heavy atom. The molecule has 1 saturated carbocycles. The summed E-state index contributed by atoms with van der Waals surface area (Å²) in [7, 11) is 1.68. The maximum Gasteiger partial charge on any atom is 0.321 e. The smallest absolute Gasteiger partial charge is 0.321 e. The lowest BCUT2D eigenvalue weighted by atomic mass is 9.88. The van der Waals surface area contributed by atoms with Crippen LogP contribution in [0.5, 0.6) is 5.75 Å². The van der Waals surface area contributed by atoms with Gasteiger partial charge in [0.25, 0.3) is 0 Å². The summed E-state index contributed by atoms with van der Waals surface area (Å²) in [6.45, 7) is 7.12. The molecule has 0 bridgehead atoms. The third kappa shape index (κ3) is 7.84. The number of nitrogens with one attached hydrogen (secondary N) is 1. The quantitative estimate of drug-likeness (QED) is 0.491. The van der Waals surface area contributed by atoms with Crippen LogP contribution >= 0.6 is 0 Å². The number of para-hydroxylation sites is 1. The number of aryl methyl sites for hydroxylation is 1. The summed E-state index contributed by atoms with van der Waals surface area (Å²) in [4.78, 5) is 32.4. The maximum absolute atomic E-state index is 13.5. The molecule has 1 saturated heterocycles. The summed E-state index contributed by atoms with van der Waals surface area (Å²) >= 11 is 0. The first kappa shape index (κ1) is 27.7. The predicted molar refractivity (Wildman–Crippen MR) is 153 cm³/mol. The molecule has 3 amide bonds. The van der Waals surface area contributed by atoms with Crippen LogP contribution in [0.2, 0.25) is 0 Å². The van der Waals surface area contributed by atoms with Crippen molar-refractivity contribution >= 4 is 23.7 Å². The Morgan fingerprint density at radius 2 is 1.71 bits per heavy atom. The Hall–Kier alpha value is -3.32. The van der Waals surface area contributed by atoms with E-state index in [1.807, 2.05) is 71.3 Å². The monoisotopic (exact) mass is 518 g/mol. The van der Waals surface area contributed by atoms with Gasteiger partial charge in [-0.3, -0.25) is 9.69 Å². The summed E-state index contributed by atoms with van der Waals surface area (Å²) < 4.78 is 5.46. The molecule has 7 nitrogen and oxygen atoms in total.